The van der Waals surface area contributed by atoms with Gasteiger partial charge in [-0.15, -0.1) is 0 Å². The first kappa shape index (κ1) is 15.4. The Labute approximate surface area is 126 Å². The minimum atomic E-state index is -0.0860. The van der Waals surface area contributed by atoms with E-state index >= 15 is 0 Å². The van der Waals surface area contributed by atoms with Gasteiger partial charge in [0.05, 0.1) is 11.6 Å². The first-order valence-electron chi connectivity index (χ1n) is 7.58. The molecule has 4 heteroatoms. The number of carbonyl (C=O) groups excluding carboxylic acids is 1. The van der Waals surface area contributed by atoms with Gasteiger partial charge in [0.25, 0.3) is 5.91 Å². The van der Waals surface area contributed by atoms with E-state index in [-0.39, 0.29) is 12.5 Å². The van der Waals surface area contributed by atoms with E-state index in [0.29, 0.717) is 23.1 Å². The predicted molar refractivity (Wildman–Crippen MR) is 80.8 cm³/mol. The lowest BCUT2D eigenvalue weighted by atomic mass is 9.80. The first-order valence-corrected chi connectivity index (χ1v) is 7.58. The van der Waals surface area contributed by atoms with Crippen LogP contribution in [-0.4, -0.2) is 19.1 Å². The molecule has 1 aliphatic carbocycles. The number of amides is 1. The van der Waals surface area contributed by atoms with Crippen LogP contribution in [0, 0.1) is 23.2 Å². The van der Waals surface area contributed by atoms with Crippen molar-refractivity contribution in [2.24, 2.45) is 11.8 Å². The number of hydrogen-bond donors (Lipinski definition) is 1. The van der Waals surface area contributed by atoms with Crippen molar-refractivity contribution in [2.75, 3.05) is 13.2 Å². The van der Waals surface area contributed by atoms with Gasteiger partial charge in [-0.05, 0) is 42.5 Å². The number of ether oxygens (including phenoxy) is 1. The summed E-state index contributed by atoms with van der Waals surface area (Å²) < 4.78 is 5.41. The summed E-state index contributed by atoms with van der Waals surface area (Å²) in [5.74, 6) is 1.81. The summed E-state index contributed by atoms with van der Waals surface area (Å²) in [7, 11) is 0. The number of nitrogens with one attached hydrogen (secondary N) is 1. The van der Waals surface area contributed by atoms with Crippen LogP contribution in [0.4, 0.5) is 0 Å². The zero-order valence-corrected chi connectivity index (χ0v) is 12.5. The first-order chi connectivity index (χ1) is 10.2. The number of hydrogen-bond acceptors (Lipinski definition) is 3. The Morgan fingerprint density at radius 2 is 2.05 bits per heavy atom. The van der Waals surface area contributed by atoms with Crippen LogP contribution in [0.5, 0.6) is 5.75 Å². The van der Waals surface area contributed by atoms with Crippen molar-refractivity contribution in [3.63, 3.8) is 0 Å². The molecule has 1 aromatic rings. The maximum absolute atomic E-state index is 11.8. The van der Waals surface area contributed by atoms with Crippen LogP contribution in [-0.2, 0) is 4.79 Å². The number of benzene rings is 1. The van der Waals surface area contributed by atoms with Crippen LogP contribution in [0.1, 0.15) is 38.2 Å². The van der Waals surface area contributed by atoms with E-state index in [2.05, 4.69) is 12.2 Å². The van der Waals surface area contributed by atoms with Crippen LogP contribution < -0.4 is 10.1 Å². The van der Waals surface area contributed by atoms with Crippen LogP contribution in [0.3, 0.4) is 0 Å². The van der Waals surface area contributed by atoms with Gasteiger partial charge in [0, 0.05) is 6.54 Å². The summed E-state index contributed by atoms with van der Waals surface area (Å²) >= 11 is 0. The van der Waals surface area contributed by atoms with Crippen LogP contribution >= 0.6 is 0 Å². The number of carbonyl (C=O) groups is 1. The zero-order valence-electron chi connectivity index (χ0n) is 12.5. The summed E-state index contributed by atoms with van der Waals surface area (Å²) in [5.41, 5.74) is 0.582. The van der Waals surface area contributed by atoms with Gasteiger partial charge < -0.3 is 10.1 Å². The second kappa shape index (κ2) is 7.68. The smallest absolute Gasteiger partial charge is 0.257 e. The van der Waals surface area contributed by atoms with E-state index in [4.69, 9.17) is 10.00 Å². The Balaban J connectivity index is 1.70. The van der Waals surface area contributed by atoms with E-state index < -0.39 is 0 Å². The third-order valence-electron chi connectivity index (χ3n) is 4.20. The summed E-state index contributed by atoms with van der Waals surface area (Å²) in [5, 5.41) is 11.7. The number of nitriles is 1. The maximum Gasteiger partial charge on any atom is 0.257 e. The monoisotopic (exact) mass is 286 g/mol. The van der Waals surface area contributed by atoms with Gasteiger partial charge >= 0.3 is 0 Å². The molecule has 21 heavy (non-hydrogen) atoms. The lowest BCUT2D eigenvalue weighted by molar-refractivity contribution is -0.123. The van der Waals surface area contributed by atoms with E-state index in [1.165, 1.54) is 25.7 Å². The molecule has 1 N–H and O–H groups in total. The minimum absolute atomic E-state index is 0.0208. The zero-order chi connectivity index (χ0) is 15.1. The average molecular weight is 286 g/mol. The molecule has 2 rings (SSSR count). The molecule has 0 heterocycles. The van der Waals surface area contributed by atoms with Crippen molar-refractivity contribution in [3.05, 3.63) is 29.8 Å². The Hall–Kier alpha value is -2.02. The van der Waals surface area contributed by atoms with E-state index in [1.807, 2.05) is 6.07 Å². The van der Waals surface area contributed by atoms with Crippen molar-refractivity contribution in [1.29, 1.82) is 5.26 Å². The van der Waals surface area contributed by atoms with Crippen LogP contribution in [0.15, 0.2) is 24.3 Å². The highest BCUT2D eigenvalue weighted by atomic mass is 16.5. The summed E-state index contributed by atoms with van der Waals surface area (Å²) in [6.07, 6.45) is 5.06. The van der Waals surface area contributed by atoms with E-state index in [1.54, 1.807) is 24.3 Å². The van der Waals surface area contributed by atoms with Gasteiger partial charge in [-0.1, -0.05) is 26.2 Å². The van der Waals surface area contributed by atoms with E-state index in [9.17, 15) is 4.79 Å². The molecule has 0 saturated heterocycles. The molecular weight excluding hydrogens is 264 g/mol. The molecular formula is C17H22N2O2. The third kappa shape index (κ3) is 4.78. The molecule has 1 saturated carbocycles. The average Bonchev–Trinajstić information content (AvgIpc) is 2.52. The molecule has 112 valence electrons. The SMILES string of the molecule is CC1CCCCC1CNC(=O)COc1ccc(C#N)cc1. The molecule has 4 nitrogen and oxygen atoms in total. The van der Waals surface area contributed by atoms with Crippen molar-refractivity contribution >= 4 is 5.91 Å². The van der Waals surface area contributed by atoms with Gasteiger partial charge in [-0.3, -0.25) is 4.79 Å². The second-order valence-electron chi connectivity index (χ2n) is 5.75. The molecule has 0 spiro atoms. The molecule has 1 aromatic carbocycles. The number of rotatable bonds is 5. The number of nitrogens with zero attached hydrogens (tertiary/aromatic N) is 1. The van der Waals surface area contributed by atoms with Gasteiger partial charge in [0.15, 0.2) is 6.61 Å². The van der Waals surface area contributed by atoms with Crippen molar-refractivity contribution in [3.8, 4) is 11.8 Å². The minimum Gasteiger partial charge on any atom is -0.484 e. The van der Waals surface area contributed by atoms with Crippen LogP contribution in [0.2, 0.25) is 0 Å². The normalized spacial score (nSPS) is 21.3. The molecule has 0 aliphatic heterocycles. The topological polar surface area (TPSA) is 62.1 Å². The Morgan fingerprint density at radius 3 is 2.71 bits per heavy atom. The highest BCUT2D eigenvalue weighted by Gasteiger charge is 2.21. The molecule has 1 aliphatic rings. The molecule has 0 aromatic heterocycles. The molecule has 1 fully saturated rings. The second-order valence-corrected chi connectivity index (χ2v) is 5.75. The Kier molecular flexibility index (Phi) is 5.62. The molecule has 1 amide bonds. The highest BCUT2D eigenvalue weighted by molar-refractivity contribution is 5.77. The molecule has 2 unspecified atom stereocenters. The fourth-order valence-corrected chi connectivity index (χ4v) is 2.77. The van der Waals surface area contributed by atoms with E-state index in [0.717, 1.165) is 6.54 Å². The maximum atomic E-state index is 11.8. The third-order valence-corrected chi connectivity index (χ3v) is 4.20. The molecule has 2 atom stereocenters. The largest absolute Gasteiger partial charge is 0.484 e. The Bertz CT molecular complexity index is 505. The van der Waals surface area contributed by atoms with Crippen LogP contribution in [0.25, 0.3) is 0 Å². The van der Waals surface area contributed by atoms with Crippen molar-refractivity contribution in [2.45, 2.75) is 32.6 Å². The fourth-order valence-electron chi connectivity index (χ4n) is 2.77. The predicted octanol–water partition coefficient (Wildman–Crippen LogP) is 2.88. The molecule has 0 bridgehead atoms. The standard InChI is InChI=1S/C17H22N2O2/c1-13-4-2-3-5-15(13)11-19-17(20)12-21-16-8-6-14(10-18)7-9-16/h6-9,13,15H,2-5,11-12H2,1H3,(H,19,20). The summed E-state index contributed by atoms with van der Waals surface area (Å²) in [6.45, 7) is 3.03. The fraction of sp³-hybridized carbons (Fsp3) is 0.529. The van der Waals surface area contributed by atoms with Gasteiger partial charge in [-0.2, -0.15) is 5.26 Å². The lowest BCUT2D eigenvalue weighted by Crippen LogP contribution is -2.36. The highest BCUT2D eigenvalue weighted by Crippen LogP contribution is 2.28. The van der Waals surface area contributed by atoms with Crippen molar-refractivity contribution < 1.29 is 9.53 Å². The summed E-state index contributed by atoms with van der Waals surface area (Å²) in [4.78, 5) is 11.8. The van der Waals surface area contributed by atoms with Gasteiger partial charge in [-0.25, -0.2) is 0 Å². The van der Waals surface area contributed by atoms with Crippen molar-refractivity contribution in [1.82, 2.24) is 5.32 Å². The lowest BCUT2D eigenvalue weighted by Gasteiger charge is -2.28. The Morgan fingerprint density at radius 1 is 1.33 bits per heavy atom. The quantitative estimate of drug-likeness (QED) is 0.905. The van der Waals surface area contributed by atoms with Gasteiger partial charge in [0.2, 0.25) is 0 Å². The summed E-state index contributed by atoms with van der Waals surface area (Å²) in [6, 6.07) is 8.81. The van der Waals surface area contributed by atoms with Gasteiger partial charge in [0.1, 0.15) is 5.75 Å². The molecule has 0 radical (unpaired) electrons.